The molecule has 1 aliphatic heterocycles. The van der Waals surface area contributed by atoms with E-state index in [0.717, 1.165) is 11.3 Å². The number of anilines is 2. The molecule has 0 spiro atoms. The fourth-order valence-electron chi connectivity index (χ4n) is 4.56. The third-order valence-corrected chi connectivity index (χ3v) is 6.29. The standard InChI is InChI=1S/C25H22ClFN4O2/c1-25(2)11-19-21(20(32)12-25)22(14-3-5-15(26)6-4-14)31-23(30-19)18(13-28-31)24(33)29-17-9-7-16(27)8-10-17/h3-10,13,22,30H,11-12H2,1-2H3,(H,29,33)/t22-/m1/s1. The first-order chi connectivity index (χ1) is 15.7. The Morgan fingerprint density at radius 3 is 2.55 bits per heavy atom. The number of carbonyl (C=O) groups excluding carboxylic acids is 2. The molecule has 2 heterocycles. The van der Waals surface area contributed by atoms with Crippen LogP contribution in [0.5, 0.6) is 0 Å². The van der Waals surface area contributed by atoms with E-state index in [4.69, 9.17) is 11.6 Å². The Bertz CT molecular complexity index is 1290. The number of ketones is 1. The monoisotopic (exact) mass is 464 g/mol. The van der Waals surface area contributed by atoms with Gasteiger partial charge in [0.05, 0.1) is 6.20 Å². The molecule has 2 aliphatic rings. The predicted molar refractivity (Wildman–Crippen MR) is 125 cm³/mol. The Balaban J connectivity index is 1.58. The van der Waals surface area contributed by atoms with Gasteiger partial charge in [-0.15, -0.1) is 0 Å². The summed E-state index contributed by atoms with van der Waals surface area (Å²) in [6.45, 7) is 4.11. The molecule has 0 bridgehead atoms. The molecule has 1 aliphatic carbocycles. The van der Waals surface area contributed by atoms with Crippen LogP contribution in [-0.4, -0.2) is 21.5 Å². The highest BCUT2D eigenvalue weighted by molar-refractivity contribution is 6.30. The summed E-state index contributed by atoms with van der Waals surface area (Å²) in [5.41, 5.74) is 2.93. The number of fused-ring (bicyclic) bond motifs is 1. The number of Topliss-reactive ketones (excluding diaryl/α,β-unsaturated/α-hetero) is 1. The molecule has 1 atom stereocenters. The van der Waals surface area contributed by atoms with Gasteiger partial charge in [0.2, 0.25) is 0 Å². The van der Waals surface area contributed by atoms with Gasteiger partial charge in [-0.1, -0.05) is 37.6 Å². The number of amides is 1. The number of nitrogens with one attached hydrogen (secondary N) is 2. The van der Waals surface area contributed by atoms with Gasteiger partial charge in [0.15, 0.2) is 5.78 Å². The van der Waals surface area contributed by atoms with Crippen molar-refractivity contribution in [1.82, 2.24) is 9.78 Å². The number of hydrogen-bond donors (Lipinski definition) is 2. The summed E-state index contributed by atoms with van der Waals surface area (Å²) in [6.07, 6.45) is 2.59. The molecule has 0 radical (unpaired) electrons. The van der Waals surface area contributed by atoms with Crippen molar-refractivity contribution in [3.63, 3.8) is 0 Å². The molecular formula is C25H22ClFN4O2. The van der Waals surface area contributed by atoms with E-state index in [-0.39, 0.29) is 22.9 Å². The maximum Gasteiger partial charge on any atom is 0.261 e. The molecule has 0 unspecified atom stereocenters. The Kier molecular flexibility index (Phi) is 5.09. The number of benzene rings is 2. The van der Waals surface area contributed by atoms with Crippen molar-refractivity contribution >= 4 is 34.8 Å². The average Bonchev–Trinajstić information content (AvgIpc) is 3.17. The first kappa shape index (κ1) is 21.4. The maximum absolute atomic E-state index is 13.2. The summed E-state index contributed by atoms with van der Waals surface area (Å²) < 4.78 is 14.9. The Hall–Kier alpha value is -3.45. The molecule has 5 rings (SSSR count). The second-order valence-electron chi connectivity index (χ2n) is 9.22. The summed E-state index contributed by atoms with van der Waals surface area (Å²) >= 11 is 6.10. The van der Waals surface area contributed by atoms with E-state index in [2.05, 4.69) is 29.6 Å². The molecule has 168 valence electrons. The van der Waals surface area contributed by atoms with E-state index in [1.165, 1.54) is 30.5 Å². The molecule has 0 fully saturated rings. The first-order valence-corrected chi connectivity index (χ1v) is 11.0. The molecule has 2 aromatic carbocycles. The SMILES string of the molecule is CC1(C)CC(=O)C2=C(C1)Nc1c(C(=O)Nc3ccc(F)cc3)cnn1[C@@H]2c1ccc(Cl)cc1. The quantitative estimate of drug-likeness (QED) is 0.530. The Morgan fingerprint density at radius 1 is 1.15 bits per heavy atom. The number of nitrogens with zero attached hydrogens (tertiary/aromatic N) is 2. The highest BCUT2D eigenvalue weighted by Gasteiger charge is 2.42. The minimum atomic E-state index is -0.468. The molecule has 1 amide bonds. The van der Waals surface area contributed by atoms with Crippen LogP contribution in [0.25, 0.3) is 0 Å². The van der Waals surface area contributed by atoms with Crippen LogP contribution in [-0.2, 0) is 4.79 Å². The third-order valence-electron chi connectivity index (χ3n) is 6.04. The van der Waals surface area contributed by atoms with Gasteiger partial charge in [0, 0.05) is 28.4 Å². The number of aromatic nitrogens is 2. The summed E-state index contributed by atoms with van der Waals surface area (Å²) in [5, 5.41) is 11.2. The molecular weight excluding hydrogens is 443 g/mol. The maximum atomic E-state index is 13.2. The molecule has 0 saturated heterocycles. The fourth-order valence-corrected chi connectivity index (χ4v) is 4.69. The second kappa shape index (κ2) is 7.85. The van der Waals surface area contributed by atoms with Crippen LogP contribution in [0.2, 0.25) is 5.02 Å². The van der Waals surface area contributed by atoms with Gasteiger partial charge in [-0.3, -0.25) is 9.59 Å². The molecule has 33 heavy (non-hydrogen) atoms. The van der Waals surface area contributed by atoms with Crippen LogP contribution in [0, 0.1) is 11.2 Å². The van der Waals surface area contributed by atoms with Crippen molar-refractivity contribution in [3.05, 3.63) is 88.0 Å². The van der Waals surface area contributed by atoms with Crippen molar-refractivity contribution in [3.8, 4) is 0 Å². The summed E-state index contributed by atoms with van der Waals surface area (Å²) in [4.78, 5) is 26.3. The van der Waals surface area contributed by atoms with Gasteiger partial charge in [-0.25, -0.2) is 9.07 Å². The van der Waals surface area contributed by atoms with Crippen LogP contribution in [0.15, 0.2) is 66.0 Å². The molecule has 3 aromatic rings. The zero-order valence-electron chi connectivity index (χ0n) is 18.2. The van der Waals surface area contributed by atoms with Crippen molar-refractivity contribution in [2.24, 2.45) is 5.41 Å². The summed E-state index contributed by atoms with van der Waals surface area (Å²) in [5.74, 6) is -0.186. The lowest BCUT2D eigenvalue weighted by molar-refractivity contribution is -0.118. The number of carbonyl (C=O) groups is 2. The smallest absolute Gasteiger partial charge is 0.261 e. The Morgan fingerprint density at radius 2 is 1.85 bits per heavy atom. The molecule has 1 aromatic heterocycles. The van der Waals surface area contributed by atoms with Crippen molar-refractivity contribution in [1.29, 1.82) is 0 Å². The molecule has 2 N–H and O–H groups in total. The summed E-state index contributed by atoms with van der Waals surface area (Å²) in [7, 11) is 0. The van der Waals surface area contributed by atoms with Crippen LogP contribution in [0.1, 0.15) is 48.7 Å². The van der Waals surface area contributed by atoms with Crippen molar-refractivity contribution < 1.29 is 14.0 Å². The minimum Gasteiger partial charge on any atom is -0.343 e. The van der Waals surface area contributed by atoms with Crippen molar-refractivity contribution in [2.45, 2.75) is 32.7 Å². The highest BCUT2D eigenvalue weighted by atomic mass is 35.5. The average molecular weight is 465 g/mol. The van der Waals surface area contributed by atoms with Crippen molar-refractivity contribution in [2.75, 3.05) is 10.6 Å². The van der Waals surface area contributed by atoms with Gasteiger partial charge in [0.25, 0.3) is 5.91 Å². The molecule has 8 heteroatoms. The lowest BCUT2D eigenvalue weighted by Gasteiger charge is -2.39. The second-order valence-corrected chi connectivity index (χ2v) is 9.66. The number of halogens is 2. The van der Waals surface area contributed by atoms with Gasteiger partial charge >= 0.3 is 0 Å². The van der Waals surface area contributed by atoms with Gasteiger partial charge in [-0.05, 0) is 53.8 Å². The first-order valence-electron chi connectivity index (χ1n) is 10.6. The number of allylic oxidation sites excluding steroid dienone is 2. The Labute approximate surface area is 195 Å². The zero-order valence-corrected chi connectivity index (χ0v) is 18.9. The largest absolute Gasteiger partial charge is 0.343 e. The lowest BCUT2D eigenvalue weighted by Crippen LogP contribution is -2.36. The highest BCUT2D eigenvalue weighted by Crippen LogP contribution is 2.46. The third kappa shape index (κ3) is 3.93. The van der Waals surface area contributed by atoms with E-state index < -0.39 is 6.04 Å². The number of hydrogen-bond acceptors (Lipinski definition) is 4. The molecule has 6 nitrogen and oxygen atoms in total. The van der Waals surface area contributed by atoms with Crippen LogP contribution in [0.3, 0.4) is 0 Å². The predicted octanol–water partition coefficient (Wildman–Crippen LogP) is 5.59. The number of rotatable bonds is 3. The van der Waals surface area contributed by atoms with Crippen LogP contribution >= 0.6 is 11.6 Å². The normalized spacial score (nSPS) is 18.9. The van der Waals surface area contributed by atoms with Gasteiger partial charge < -0.3 is 10.6 Å². The topological polar surface area (TPSA) is 76.0 Å². The van der Waals surface area contributed by atoms with E-state index in [9.17, 15) is 14.0 Å². The van der Waals surface area contributed by atoms with Gasteiger partial charge in [-0.2, -0.15) is 5.10 Å². The van der Waals surface area contributed by atoms with Gasteiger partial charge in [0.1, 0.15) is 23.2 Å². The van der Waals surface area contributed by atoms with E-state index in [1.807, 2.05) is 12.1 Å². The molecule has 0 saturated carbocycles. The lowest BCUT2D eigenvalue weighted by atomic mass is 9.73. The fraction of sp³-hybridized carbons (Fsp3) is 0.240. The summed E-state index contributed by atoms with van der Waals surface area (Å²) in [6, 6.07) is 12.4. The van der Waals surface area contributed by atoms with Crippen LogP contribution in [0.4, 0.5) is 15.9 Å². The van der Waals surface area contributed by atoms with E-state index in [1.54, 1.807) is 16.8 Å². The van der Waals surface area contributed by atoms with E-state index >= 15 is 0 Å². The van der Waals surface area contributed by atoms with E-state index in [0.29, 0.717) is 40.5 Å². The minimum absolute atomic E-state index is 0.0622. The zero-order chi connectivity index (χ0) is 23.3. The van der Waals surface area contributed by atoms with Crippen LogP contribution < -0.4 is 10.6 Å².